The molecular weight excluding hydrogens is 682 g/mol. The highest BCUT2D eigenvalue weighted by Crippen LogP contribution is 2.66. The fourth-order valence-electron chi connectivity index (χ4n) is 1.92. The lowest BCUT2D eigenvalue weighted by atomic mass is 9.87. The van der Waals surface area contributed by atoms with E-state index in [-0.39, 0.29) is 0 Å². The molecular formula is C11HClF22O4S. The van der Waals surface area contributed by atoms with Gasteiger partial charge < -0.3 is 0 Å². The van der Waals surface area contributed by atoms with Crippen molar-refractivity contribution in [2.45, 2.75) is 64.3 Å². The van der Waals surface area contributed by atoms with Crippen molar-refractivity contribution < 1.29 is 114 Å². The molecule has 0 saturated heterocycles. The van der Waals surface area contributed by atoms with E-state index in [0.717, 1.165) is 0 Å². The summed E-state index contributed by atoms with van der Waals surface area (Å²) in [6.07, 6.45) is -7.98. The predicted molar refractivity (Wildman–Crippen MR) is 72.9 cm³/mol. The Bertz CT molecular complexity index is 1030. The van der Waals surface area contributed by atoms with Crippen molar-refractivity contribution in [3.63, 3.8) is 0 Å². The maximum absolute atomic E-state index is 13.5. The van der Waals surface area contributed by atoms with Crippen molar-refractivity contribution in [2.75, 3.05) is 0 Å². The summed E-state index contributed by atoms with van der Waals surface area (Å²) in [5.41, 5.74) is -6.32. The molecule has 0 fully saturated rings. The molecule has 0 atom stereocenters. The van der Waals surface area contributed by atoms with Gasteiger partial charge in [0, 0.05) is 0 Å². The molecule has 0 aliphatic heterocycles. The standard InChI is InChI=1S/C11HClF22O4S/c12-11(33,34)38-9(29,30)7(25,26)5(21,22)3(17,18)1(13,14)2(15,16)4(19,20)6(23,24)8(27,28)10(31,32)39(35,36)37/h(H,35,36,37). The van der Waals surface area contributed by atoms with Gasteiger partial charge in [0.15, 0.2) is 0 Å². The van der Waals surface area contributed by atoms with Crippen LogP contribution >= 0.6 is 11.6 Å². The van der Waals surface area contributed by atoms with Crippen molar-refractivity contribution in [1.29, 1.82) is 0 Å². The topological polar surface area (TPSA) is 63.6 Å². The first-order valence-electron chi connectivity index (χ1n) is 7.72. The van der Waals surface area contributed by atoms with Gasteiger partial charge in [0.25, 0.3) is 0 Å². The summed E-state index contributed by atoms with van der Waals surface area (Å²) >= 11 is 3.43. The lowest BCUT2D eigenvalue weighted by molar-refractivity contribution is -0.491. The average molecular weight is 683 g/mol. The quantitative estimate of drug-likeness (QED) is 0.138. The van der Waals surface area contributed by atoms with Crippen LogP contribution in [0.15, 0.2) is 0 Å². The second kappa shape index (κ2) is 9.06. The number of ether oxygens (including phenoxy) is 1. The first-order valence-corrected chi connectivity index (χ1v) is 9.54. The van der Waals surface area contributed by atoms with Crippen molar-refractivity contribution in [3.05, 3.63) is 0 Å². The smallest absolute Gasteiger partial charge is 0.281 e. The molecule has 0 amide bonds. The third kappa shape index (κ3) is 4.90. The van der Waals surface area contributed by atoms with Crippen LogP contribution in [0.1, 0.15) is 0 Å². The summed E-state index contributed by atoms with van der Waals surface area (Å²) in [5, 5.41) is -8.12. The Hall–Kier alpha value is -1.38. The molecule has 0 aromatic heterocycles. The molecule has 28 heteroatoms. The number of alkyl halides is 23. The fraction of sp³-hybridized carbons (Fsp3) is 1.00. The molecule has 0 aromatic carbocycles. The lowest BCUT2D eigenvalue weighted by Gasteiger charge is -2.44. The number of hydrogen-bond donors (Lipinski definition) is 1. The highest BCUT2D eigenvalue weighted by molar-refractivity contribution is 7.87. The molecule has 39 heavy (non-hydrogen) atoms. The van der Waals surface area contributed by atoms with E-state index in [0.29, 0.717) is 0 Å². The second-order valence-electron chi connectivity index (χ2n) is 6.65. The predicted octanol–water partition coefficient (Wildman–Crippen LogP) is 6.95. The molecule has 1 N–H and O–H groups in total. The van der Waals surface area contributed by atoms with E-state index in [9.17, 15) is 105 Å². The van der Waals surface area contributed by atoms with Crippen LogP contribution in [0, 0.1) is 0 Å². The maximum Gasteiger partial charge on any atom is 0.445 e. The Morgan fingerprint density at radius 2 is 0.641 bits per heavy atom. The molecule has 0 bridgehead atoms. The summed E-state index contributed by atoms with van der Waals surface area (Å²) in [5.74, 6) is -73.5. The largest absolute Gasteiger partial charge is 0.445 e. The minimum absolute atomic E-state index is 1.38. The number of halogens is 23. The Morgan fingerprint density at radius 3 is 0.846 bits per heavy atom. The lowest BCUT2D eigenvalue weighted by Crippen LogP contribution is -2.77. The van der Waals surface area contributed by atoms with Gasteiger partial charge >= 0.3 is 74.4 Å². The molecule has 0 aromatic rings. The molecule has 0 radical (unpaired) electrons. The van der Waals surface area contributed by atoms with E-state index in [1.807, 2.05) is 0 Å². The SMILES string of the molecule is O=S(=O)(O)C(F)(F)C(F)(F)C(F)(F)C(F)(F)C(F)(F)C(F)(F)C(F)(F)C(F)(F)C(F)(F)C(F)(F)OC(F)(F)Cl. The van der Waals surface area contributed by atoms with Gasteiger partial charge in [0.1, 0.15) is 0 Å². The van der Waals surface area contributed by atoms with Gasteiger partial charge in [-0.25, -0.2) is 4.74 Å². The first-order chi connectivity index (χ1) is 16.2. The van der Waals surface area contributed by atoms with Gasteiger partial charge in [0.05, 0.1) is 0 Å². The molecule has 0 saturated carbocycles. The first kappa shape index (κ1) is 37.6. The van der Waals surface area contributed by atoms with Crippen molar-refractivity contribution >= 4 is 21.7 Å². The minimum atomic E-state index is -9.49. The summed E-state index contributed by atoms with van der Waals surface area (Å²) < 4.78 is 319. The molecule has 0 rings (SSSR count). The van der Waals surface area contributed by atoms with E-state index < -0.39 is 74.4 Å². The number of rotatable bonds is 12. The van der Waals surface area contributed by atoms with Gasteiger partial charge in [-0.05, 0) is 11.6 Å². The van der Waals surface area contributed by atoms with E-state index >= 15 is 0 Å². The minimum Gasteiger partial charge on any atom is -0.281 e. The van der Waals surface area contributed by atoms with Crippen LogP contribution in [0.25, 0.3) is 0 Å². The van der Waals surface area contributed by atoms with Crippen LogP contribution in [0.5, 0.6) is 0 Å². The third-order valence-electron chi connectivity index (χ3n) is 4.06. The van der Waals surface area contributed by atoms with Crippen LogP contribution in [0.4, 0.5) is 96.6 Å². The van der Waals surface area contributed by atoms with Gasteiger partial charge in [-0.1, -0.05) is 0 Å². The van der Waals surface area contributed by atoms with Crippen LogP contribution in [0.3, 0.4) is 0 Å². The molecule has 0 unspecified atom stereocenters. The summed E-state index contributed by atoms with van der Waals surface area (Å²) in [7, 11) is -8.15. The molecule has 236 valence electrons. The molecule has 4 nitrogen and oxygen atoms in total. The number of hydrogen-bond acceptors (Lipinski definition) is 3. The van der Waals surface area contributed by atoms with Crippen LogP contribution in [-0.2, 0) is 14.9 Å². The monoisotopic (exact) mass is 682 g/mol. The van der Waals surface area contributed by atoms with Gasteiger partial charge in [-0.3, -0.25) is 4.55 Å². The van der Waals surface area contributed by atoms with Crippen molar-refractivity contribution in [3.8, 4) is 0 Å². The Balaban J connectivity index is 7.25. The fourth-order valence-corrected chi connectivity index (χ4v) is 2.47. The molecule has 0 spiro atoms. The second-order valence-corrected chi connectivity index (χ2v) is 8.55. The van der Waals surface area contributed by atoms with E-state index in [1.165, 1.54) is 4.74 Å². The van der Waals surface area contributed by atoms with E-state index in [4.69, 9.17) is 4.55 Å². The summed E-state index contributed by atoms with van der Waals surface area (Å²) in [4.78, 5) is 0. The van der Waals surface area contributed by atoms with Gasteiger partial charge in [-0.15, -0.1) is 0 Å². The summed E-state index contributed by atoms with van der Waals surface area (Å²) in [6.45, 7) is 0. The molecule has 0 aliphatic rings. The average Bonchev–Trinajstić information content (AvgIpc) is 2.63. The van der Waals surface area contributed by atoms with Gasteiger partial charge in [-0.2, -0.15) is 105 Å². The van der Waals surface area contributed by atoms with Gasteiger partial charge in [0.2, 0.25) is 0 Å². The van der Waals surface area contributed by atoms with Crippen molar-refractivity contribution in [2.24, 2.45) is 0 Å². The third-order valence-corrected chi connectivity index (χ3v) is 5.04. The van der Waals surface area contributed by atoms with E-state index in [1.54, 1.807) is 0 Å². The van der Waals surface area contributed by atoms with Crippen LogP contribution in [-0.4, -0.2) is 77.3 Å². The zero-order chi connectivity index (χ0) is 32.7. The molecule has 0 heterocycles. The normalized spacial score (nSPS) is 17.0. The van der Waals surface area contributed by atoms with Crippen molar-refractivity contribution in [1.82, 2.24) is 0 Å². The van der Waals surface area contributed by atoms with E-state index in [2.05, 4.69) is 11.6 Å². The Labute approximate surface area is 201 Å². The Morgan fingerprint density at radius 1 is 0.436 bits per heavy atom. The zero-order valence-corrected chi connectivity index (χ0v) is 17.8. The maximum atomic E-state index is 13.5. The van der Waals surface area contributed by atoms with Crippen LogP contribution in [0.2, 0.25) is 0 Å². The zero-order valence-electron chi connectivity index (χ0n) is 16.3. The Kier molecular flexibility index (Phi) is 8.74. The molecule has 0 aliphatic carbocycles. The highest BCUT2D eigenvalue weighted by atomic mass is 35.5. The van der Waals surface area contributed by atoms with Crippen LogP contribution < -0.4 is 0 Å². The summed E-state index contributed by atoms with van der Waals surface area (Å²) in [6, 6.07) is 0. The highest BCUT2D eigenvalue weighted by Gasteiger charge is 2.98.